The van der Waals surface area contributed by atoms with Crippen LogP contribution in [0.3, 0.4) is 0 Å². The minimum Gasteiger partial charge on any atom is -0.397 e. The van der Waals surface area contributed by atoms with Crippen LogP contribution in [0.2, 0.25) is 0 Å². The molecular formula is C14H16N4O2. The Bertz CT molecular complexity index is 659. The van der Waals surface area contributed by atoms with Gasteiger partial charge >= 0.3 is 0 Å². The van der Waals surface area contributed by atoms with Crippen LogP contribution < -0.4 is 16.4 Å². The Kier molecular flexibility index (Phi) is 3.15. The van der Waals surface area contributed by atoms with Crippen molar-refractivity contribution in [1.82, 2.24) is 4.98 Å². The number of primary amides is 1. The maximum atomic E-state index is 11.6. The zero-order valence-electron chi connectivity index (χ0n) is 11.0. The van der Waals surface area contributed by atoms with Crippen molar-refractivity contribution in [2.75, 3.05) is 30.4 Å². The Morgan fingerprint density at radius 2 is 2.25 bits per heavy atom. The molecule has 1 aliphatic heterocycles. The van der Waals surface area contributed by atoms with Crippen LogP contribution in [-0.4, -0.2) is 36.7 Å². The summed E-state index contributed by atoms with van der Waals surface area (Å²) in [6, 6.07) is 7.05. The standard InChI is InChI=1S/C14H16N4O2/c15-10-3-1-2-9-11(4-5-17-13(9)10)18-6-7-20-8-12(18)14(16)19/h1-5,12H,6-8,15H2,(H2,16,19). The van der Waals surface area contributed by atoms with Crippen molar-refractivity contribution in [1.29, 1.82) is 0 Å². The van der Waals surface area contributed by atoms with Gasteiger partial charge in [0.05, 0.1) is 24.4 Å². The summed E-state index contributed by atoms with van der Waals surface area (Å²) in [5.74, 6) is -0.390. The number of nitrogen functional groups attached to an aromatic ring is 1. The zero-order chi connectivity index (χ0) is 14.1. The second-order valence-electron chi connectivity index (χ2n) is 4.76. The van der Waals surface area contributed by atoms with Gasteiger partial charge in [-0.3, -0.25) is 9.78 Å². The molecule has 104 valence electrons. The molecule has 0 spiro atoms. The summed E-state index contributed by atoms with van der Waals surface area (Å²) in [5.41, 5.74) is 13.7. The van der Waals surface area contributed by atoms with Crippen LogP contribution in [0.1, 0.15) is 0 Å². The van der Waals surface area contributed by atoms with E-state index in [4.69, 9.17) is 16.2 Å². The lowest BCUT2D eigenvalue weighted by Gasteiger charge is -2.36. The van der Waals surface area contributed by atoms with E-state index < -0.39 is 11.9 Å². The number of pyridine rings is 1. The van der Waals surface area contributed by atoms with E-state index in [0.29, 0.717) is 25.4 Å². The largest absolute Gasteiger partial charge is 0.397 e. The van der Waals surface area contributed by atoms with Gasteiger partial charge in [-0.05, 0) is 12.1 Å². The molecule has 0 bridgehead atoms. The summed E-state index contributed by atoms with van der Waals surface area (Å²) in [4.78, 5) is 17.9. The van der Waals surface area contributed by atoms with Gasteiger partial charge < -0.3 is 21.1 Å². The summed E-state index contributed by atoms with van der Waals surface area (Å²) in [5, 5.41) is 0.917. The number of fused-ring (bicyclic) bond motifs is 1. The maximum Gasteiger partial charge on any atom is 0.242 e. The molecule has 6 nitrogen and oxygen atoms in total. The number of rotatable bonds is 2. The highest BCUT2D eigenvalue weighted by Gasteiger charge is 2.29. The number of nitrogens with zero attached hydrogens (tertiary/aromatic N) is 2. The number of morpholine rings is 1. The van der Waals surface area contributed by atoms with E-state index in [-0.39, 0.29) is 0 Å². The van der Waals surface area contributed by atoms with Gasteiger partial charge in [-0.1, -0.05) is 12.1 Å². The third-order valence-electron chi connectivity index (χ3n) is 3.55. The first kappa shape index (κ1) is 12.7. The van der Waals surface area contributed by atoms with E-state index >= 15 is 0 Å². The average Bonchev–Trinajstić information content (AvgIpc) is 2.47. The maximum absolute atomic E-state index is 11.6. The Morgan fingerprint density at radius 3 is 3.05 bits per heavy atom. The second kappa shape index (κ2) is 4.97. The SMILES string of the molecule is NC(=O)C1COCCN1c1ccnc2c(N)cccc12. The van der Waals surface area contributed by atoms with Crippen molar-refractivity contribution in [3.8, 4) is 0 Å². The molecule has 1 aromatic heterocycles. The van der Waals surface area contributed by atoms with Crippen molar-refractivity contribution in [3.05, 3.63) is 30.5 Å². The quantitative estimate of drug-likeness (QED) is 0.777. The Hall–Kier alpha value is -2.34. The van der Waals surface area contributed by atoms with Gasteiger partial charge in [0, 0.05) is 23.8 Å². The molecule has 1 aliphatic rings. The first-order chi connectivity index (χ1) is 9.68. The van der Waals surface area contributed by atoms with Crippen LogP contribution >= 0.6 is 0 Å². The second-order valence-corrected chi connectivity index (χ2v) is 4.76. The summed E-state index contributed by atoms with van der Waals surface area (Å²) < 4.78 is 5.35. The summed E-state index contributed by atoms with van der Waals surface area (Å²) in [6.45, 7) is 1.49. The molecule has 1 fully saturated rings. The van der Waals surface area contributed by atoms with Crippen molar-refractivity contribution < 1.29 is 9.53 Å². The van der Waals surface area contributed by atoms with Gasteiger partial charge in [0.25, 0.3) is 0 Å². The summed E-state index contributed by atoms with van der Waals surface area (Å²) in [7, 11) is 0. The van der Waals surface area contributed by atoms with Crippen molar-refractivity contribution >= 4 is 28.2 Å². The molecule has 20 heavy (non-hydrogen) atoms. The van der Waals surface area contributed by atoms with Crippen molar-refractivity contribution in [2.24, 2.45) is 5.73 Å². The first-order valence-electron chi connectivity index (χ1n) is 6.45. The molecule has 2 aromatic rings. The molecule has 0 aliphatic carbocycles. The molecule has 4 N–H and O–H groups in total. The van der Waals surface area contributed by atoms with E-state index in [0.717, 1.165) is 16.6 Å². The van der Waals surface area contributed by atoms with E-state index in [9.17, 15) is 4.79 Å². The zero-order valence-corrected chi connectivity index (χ0v) is 11.0. The topological polar surface area (TPSA) is 94.5 Å². The first-order valence-corrected chi connectivity index (χ1v) is 6.45. The number of anilines is 2. The van der Waals surface area contributed by atoms with E-state index in [2.05, 4.69) is 4.98 Å². The van der Waals surface area contributed by atoms with Crippen LogP contribution in [0.25, 0.3) is 10.9 Å². The fourth-order valence-corrected chi connectivity index (χ4v) is 2.56. The number of nitrogens with two attached hydrogens (primary N) is 2. The molecule has 1 amide bonds. The van der Waals surface area contributed by atoms with Gasteiger partial charge in [-0.15, -0.1) is 0 Å². The number of hydrogen-bond acceptors (Lipinski definition) is 5. The van der Waals surface area contributed by atoms with Crippen LogP contribution in [0.5, 0.6) is 0 Å². The third kappa shape index (κ3) is 2.04. The Balaban J connectivity index is 2.13. The smallest absolute Gasteiger partial charge is 0.242 e. The van der Waals surface area contributed by atoms with Crippen molar-refractivity contribution in [3.63, 3.8) is 0 Å². The molecule has 3 rings (SSSR count). The number of ether oxygens (including phenoxy) is 1. The Labute approximate surface area is 116 Å². The van der Waals surface area contributed by atoms with E-state index in [1.54, 1.807) is 6.20 Å². The fraction of sp³-hybridized carbons (Fsp3) is 0.286. The number of carbonyl (C=O) groups excluding carboxylic acids is 1. The Morgan fingerprint density at radius 1 is 1.40 bits per heavy atom. The number of para-hydroxylation sites is 1. The predicted molar refractivity (Wildman–Crippen MR) is 77.3 cm³/mol. The lowest BCUT2D eigenvalue weighted by atomic mass is 10.1. The van der Waals surface area contributed by atoms with Gasteiger partial charge in [-0.2, -0.15) is 0 Å². The minimum atomic E-state index is -0.462. The summed E-state index contributed by atoms with van der Waals surface area (Å²) in [6.07, 6.45) is 1.70. The molecular weight excluding hydrogens is 256 g/mol. The van der Waals surface area contributed by atoms with Crippen molar-refractivity contribution in [2.45, 2.75) is 6.04 Å². The summed E-state index contributed by atoms with van der Waals surface area (Å²) >= 11 is 0. The van der Waals surface area contributed by atoms with Gasteiger partial charge in [0.15, 0.2) is 0 Å². The lowest BCUT2D eigenvalue weighted by molar-refractivity contribution is -0.121. The molecule has 1 aromatic carbocycles. The van der Waals surface area contributed by atoms with Gasteiger partial charge in [0.1, 0.15) is 6.04 Å². The average molecular weight is 272 g/mol. The monoisotopic (exact) mass is 272 g/mol. The van der Waals surface area contributed by atoms with E-state index in [1.807, 2.05) is 29.2 Å². The number of benzene rings is 1. The number of carbonyl (C=O) groups is 1. The highest BCUT2D eigenvalue weighted by atomic mass is 16.5. The number of amides is 1. The molecule has 1 unspecified atom stereocenters. The normalized spacial score (nSPS) is 19.2. The van der Waals surface area contributed by atoms with E-state index in [1.165, 1.54) is 0 Å². The molecule has 0 saturated carbocycles. The third-order valence-corrected chi connectivity index (χ3v) is 3.55. The fourth-order valence-electron chi connectivity index (χ4n) is 2.56. The highest BCUT2D eigenvalue weighted by Crippen LogP contribution is 2.30. The number of hydrogen-bond donors (Lipinski definition) is 2. The van der Waals surface area contributed by atoms with Crippen LogP contribution in [-0.2, 0) is 9.53 Å². The number of aromatic nitrogens is 1. The lowest BCUT2D eigenvalue weighted by Crippen LogP contribution is -2.52. The van der Waals surface area contributed by atoms with Gasteiger partial charge in [-0.25, -0.2) is 0 Å². The van der Waals surface area contributed by atoms with Crippen LogP contribution in [0.4, 0.5) is 11.4 Å². The molecule has 1 atom stereocenters. The molecule has 6 heteroatoms. The predicted octanol–water partition coefficient (Wildman–Crippen LogP) is 0.508. The van der Waals surface area contributed by atoms with Crippen LogP contribution in [0.15, 0.2) is 30.5 Å². The van der Waals surface area contributed by atoms with Gasteiger partial charge in [0.2, 0.25) is 5.91 Å². The molecule has 0 radical (unpaired) electrons. The van der Waals surface area contributed by atoms with Crippen LogP contribution in [0, 0.1) is 0 Å². The molecule has 1 saturated heterocycles. The highest BCUT2D eigenvalue weighted by molar-refractivity contribution is 5.99. The minimum absolute atomic E-state index is 0.307. The molecule has 2 heterocycles.